The molecule has 2 unspecified atom stereocenters. The van der Waals surface area contributed by atoms with Gasteiger partial charge in [0.2, 0.25) is 0 Å². The Hall–Kier alpha value is -0.0800. The molecule has 2 saturated heterocycles. The molecule has 2 aliphatic rings. The molecule has 2 heterocycles. The van der Waals surface area contributed by atoms with Crippen LogP contribution in [0.5, 0.6) is 0 Å². The van der Waals surface area contributed by atoms with Gasteiger partial charge in [-0.1, -0.05) is 0 Å². The van der Waals surface area contributed by atoms with Crippen LogP contribution in [0.4, 0.5) is 0 Å². The van der Waals surface area contributed by atoms with Crippen molar-refractivity contribution >= 4 is 0 Å². The van der Waals surface area contributed by atoms with Crippen molar-refractivity contribution < 1.29 is 0 Å². The highest BCUT2D eigenvalue weighted by molar-refractivity contribution is 4.80. The molecule has 0 bridgehead atoms. The highest BCUT2D eigenvalue weighted by atomic mass is 15.2. The molecule has 0 aromatic carbocycles. The van der Waals surface area contributed by atoms with Crippen molar-refractivity contribution in [3.63, 3.8) is 0 Å². The maximum absolute atomic E-state index is 3.43. The molecule has 0 radical (unpaired) electrons. The quantitative estimate of drug-likeness (QED) is 0.664. The van der Waals surface area contributed by atoms with Crippen molar-refractivity contribution in [1.82, 2.24) is 10.2 Å². The van der Waals surface area contributed by atoms with E-state index in [1.807, 2.05) is 0 Å². The van der Waals surface area contributed by atoms with Gasteiger partial charge in [-0.2, -0.15) is 0 Å². The van der Waals surface area contributed by atoms with Gasteiger partial charge >= 0.3 is 0 Å². The minimum Gasteiger partial charge on any atom is -0.316 e. The lowest BCUT2D eigenvalue weighted by molar-refractivity contribution is 0.232. The summed E-state index contributed by atoms with van der Waals surface area (Å²) in [5.41, 5.74) is 0. The second-order valence-electron chi connectivity index (χ2n) is 4.35. The predicted octanol–water partition coefficient (Wildman–Crippen LogP) is 1.08. The van der Waals surface area contributed by atoms with Crippen LogP contribution < -0.4 is 5.32 Å². The summed E-state index contributed by atoms with van der Waals surface area (Å²) in [6, 6.07) is 0.852. The molecule has 0 aliphatic carbocycles. The normalized spacial score (nSPS) is 37.8. The third-order valence-electron chi connectivity index (χ3n) is 3.35. The van der Waals surface area contributed by atoms with Gasteiger partial charge in [-0.25, -0.2) is 0 Å². The molecule has 2 fully saturated rings. The largest absolute Gasteiger partial charge is 0.316 e. The fourth-order valence-corrected chi connectivity index (χ4v) is 2.47. The van der Waals surface area contributed by atoms with Crippen molar-refractivity contribution in [1.29, 1.82) is 0 Å². The van der Waals surface area contributed by atoms with Crippen molar-refractivity contribution in [2.45, 2.75) is 32.2 Å². The fourth-order valence-electron chi connectivity index (χ4n) is 2.47. The van der Waals surface area contributed by atoms with Crippen LogP contribution in [0.25, 0.3) is 0 Å². The lowest BCUT2D eigenvalue weighted by Gasteiger charge is -2.23. The van der Waals surface area contributed by atoms with Gasteiger partial charge in [0.15, 0.2) is 0 Å². The second-order valence-corrected chi connectivity index (χ2v) is 4.35. The van der Waals surface area contributed by atoms with Gasteiger partial charge in [0.05, 0.1) is 0 Å². The third-order valence-corrected chi connectivity index (χ3v) is 3.35. The summed E-state index contributed by atoms with van der Waals surface area (Å²) in [4.78, 5) is 2.66. The van der Waals surface area contributed by atoms with E-state index in [0.29, 0.717) is 0 Å². The van der Waals surface area contributed by atoms with Crippen molar-refractivity contribution in [3.05, 3.63) is 0 Å². The van der Waals surface area contributed by atoms with E-state index in [-0.39, 0.29) is 0 Å². The monoisotopic (exact) mass is 168 g/mol. The topological polar surface area (TPSA) is 15.3 Å². The summed E-state index contributed by atoms with van der Waals surface area (Å²) in [5, 5.41) is 3.43. The minimum atomic E-state index is 0.852. The second kappa shape index (κ2) is 3.75. The Morgan fingerprint density at radius 1 is 1.42 bits per heavy atom. The van der Waals surface area contributed by atoms with E-state index < -0.39 is 0 Å². The van der Waals surface area contributed by atoms with Gasteiger partial charge in [0, 0.05) is 12.6 Å². The minimum absolute atomic E-state index is 0.852. The third kappa shape index (κ3) is 1.80. The molecule has 0 aromatic heterocycles. The van der Waals surface area contributed by atoms with E-state index in [9.17, 15) is 0 Å². The number of rotatable bonds is 2. The van der Waals surface area contributed by atoms with Gasteiger partial charge in [-0.05, 0) is 51.7 Å². The smallest absolute Gasteiger partial charge is 0.00675 e. The molecule has 2 atom stereocenters. The van der Waals surface area contributed by atoms with Gasteiger partial charge in [0.25, 0.3) is 0 Å². The molecule has 1 N–H and O–H groups in total. The molecule has 2 rings (SSSR count). The Kier molecular flexibility index (Phi) is 2.66. The number of likely N-dealkylation sites (tertiary alicyclic amines) is 1. The molecule has 2 aliphatic heterocycles. The Bertz CT molecular complexity index is 141. The Balaban J connectivity index is 1.77. The van der Waals surface area contributed by atoms with Gasteiger partial charge < -0.3 is 10.2 Å². The van der Waals surface area contributed by atoms with Gasteiger partial charge in [0.1, 0.15) is 0 Å². The van der Waals surface area contributed by atoms with Crippen molar-refractivity contribution in [2.75, 3.05) is 26.2 Å². The van der Waals surface area contributed by atoms with E-state index in [2.05, 4.69) is 17.1 Å². The van der Waals surface area contributed by atoms with Crippen LogP contribution in [0, 0.1) is 5.92 Å². The summed E-state index contributed by atoms with van der Waals surface area (Å²) in [6.45, 7) is 7.55. The first-order valence-corrected chi connectivity index (χ1v) is 5.31. The van der Waals surface area contributed by atoms with Crippen LogP contribution in [0.3, 0.4) is 0 Å². The van der Waals surface area contributed by atoms with Crippen LogP contribution >= 0.6 is 0 Å². The van der Waals surface area contributed by atoms with E-state index >= 15 is 0 Å². The Labute approximate surface area is 75.3 Å². The summed E-state index contributed by atoms with van der Waals surface area (Å²) >= 11 is 0. The van der Waals surface area contributed by atoms with E-state index in [0.717, 1.165) is 12.0 Å². The molecule has 0 saturated carbocycles. The van der Waals surface area contributed by atoms with E-state index in [1.165, 1.54) is 45.4 Å². The number of hydrogen-bond acceptors (Lipinski definition) is 2. The Morgan fingerprint density at radius 2 is 2.33 bits per heavy atom. The fraction of sp³-hybridized carbons (Fsp3) is 1.00. The standard InChI is InChI=1S/C10H20N2/c1-9-3-2-6-12(9)8-10-4-5-11-7-10/h9-11H,2-8H2,1H3. The zero-order chi connectivity index (χ0) is 8.39. The van der Waals surface area contributed by atoms with Crippen LogP contribution in [0.1, 0.15) is 26.2 Å². The molecular weight excluding hydrogens is 148 g/mol. The first-order chi connectivity index (χ1) is 5.86. The van der Waals surface area contributed by atoms with Crippen LogP contribution in [0.15, 0.2) is 0 Å². The predicted molar refractivity (Wildman–Crippen MR) is 51.2 cm³/mol. The van der Waals surface area contributed by atoms with Crippen LogP contribution in [-0.4, -0.2) is 37.1 Å². The highest BCUT2D eigenvalue weighted by Gasteiger charge is 2.24. The average molecular weight is 168 g/mol. The summed E-state index contributed by atoms with van der Waals surface area (Å²) in [5.74, 6) is 0.936. The molecule has 2 nitrogen and oxygen atoms in total. The van der Waals surface area contributed by atoms with Gasteiger partial charge in [-0.15, -0.1) is 0 Å². The summed E-state index contributed by atoms with van der Waals surface area (Å²) in [6.07, 6.45) is 4.23. The summed E-state index contributed by atoms with van der Waals surface area (Å²) < 4.78 is 0. The average Bonchev–Trinajstić information content (AvgIpc) is 2.65. The highest BCUT2D eigenvalue weighted by Crippen LogP contribution is 2.19. The molecule has 2 heteroatoms. The van der Waals surface area contributed by atoms with E-state index in [1.54, 1.807) is 0 Å². The number of hydrogen-bond donors (Lipinski definition) is 1. The molecule has 0 amide bonds. The Morgan fingerprint density at radius 3 is 2.92 bits per heavy atom. The number of nitrogens with zero attached hydrogens (tertiary/aromatic N) is 1. The van der Waals surface area contributed by atoms with Crippen molar-refractivity contribution in [2.24, 2.45) is 5.92 Å². The van der Waals surface area contributed by atoms with Crippen molar-refractivity contribution in [3.8, 4) is 0 Å². The zero-order valence-electron chi connectivity index (χ0n) is 8.05. The van der Waals surface area contributed by atoms with E-state index in [4.69, 9.17) is 0 Å². The summed E-state index contributed by atoms with van der Waals surface area (Å²) in [7, 11) is 0. The van der Waals surface area contributed by atoms with Gasteiger partial charge in [-0.3, -0.25) is 0 Å². The lowest BCUT2D eigenvalue weighted by atomic mass is 10.1. The first kappa shape index (κ1) is 8.52. The lowest BCUT2D eigenvalue weighted by Crippen LogP contribution is -2.32. The molecule has 70 valence electrons. The molecule has 0 spiro atoms. The molecule has 0 aromatic rings. The first-order valence-electron chi connectivity index (χ1n) is 5.31. The van der Waals surface area contributed by atoms with Crippen LogP contribution in [-0.2, 0) is 0 Å². The maximum atomic E-state index is 3.43. The van der Waals surface area contributed by atoms with Crippen LogP contribution in [0.2, 0.25) is 0 Å². The number of nitrogens with one attached hydrogen (secondary N) is 1. The maximum Gasteiger partial charge on any atom is 0.00675 e. The SMILES string of the molecule is CC1CCCN1CC1CCNC1. The molecular formula is C10H20N2. The molecule has 12 heavy (non-hydrogen) atoms. The zero-order valence-corrected chi connectivity index (χ0v) is 8.05.